The van der Waals surface area contributed by atoms with Crippen molar-refractivity contribution in [1.82, 2.24) is 0 Å². The minimum Gasteiger partial charge on any atom is -0.294 e. The van der Waals surface area contributed by atoms with Crippen LogP contribution in [0.5, 0.6) is 0 Å². The van der Waals surface area contributed by atoms with Gasteiger partial charge in [0, 0.05) is 33.0 Å². The lowest BCUT2D eigenvalue weighted by Crippen LogP contribution is -2.07. The lowest BCUT2D eigenvalue weighted by molar-refractivity contribution is 0.0982. The maximum atomic E-state index is 13.5. The summed E-state index contributed by atoms with van der Waals surface area (Å²) in [6.45, 7) is 2.00. The zero-order valence-electron chi connectivity index (χ0n) is 8.22. The summed E-state index contributed by atoms with van der Waals surface area (Å²) in [6, 6.07) is 3.01. The van der Waals surface area contributed by atoms with E-state index < -0.39 is 0 Å². The molecule has 0 amide bonds. The van der Waals surface area contributed by atoms with Crippen molar-refractivity contribution in [3.8, 4) is 0 Å². The van der Waals surface area contributed by atoms with Crippen LogP contribution in [0.25, 0.3) is 0 Å². The predicted octanol–water partition coefficient (Wildman–Crippen LogP) is 3.80. The Bertz CT molecular complexity index is 419. The van der Waals surface area contributed by atoms with Gasteiger partial charge in [0.05, 0.1) is 0 Å². The Hall–Kier alpha value is -0.350. The zero-order valence-corrected chi connectivity index (χ0v) is 10.6. The average molecular weight is 289 g/mol. The third-order valence-electron chi connectivity index (χ3n) is 2.47. The molecule has 0 radical (unpaired) electrons. The molecule has 1 aliphatic heterocycles. The maximum absolute atomic E-state index is 13.5. The third-order valence-corrected chi connectivity index (χ3v) is 4.32. The quantitative estimate of drug-likeness (QED) is 0.722. The van der Waals surface area contributed by atoms with E-state index in [2.05, 4.69) is 15.9 Å². The summed E-state index contributed by atoms with van der Waals surface area (Å²) in [5.74, 6) is 0.338. The maximum Gasteiger partial charge on any atom is 0.165 e. The van der Waals surface area contributed by atoms with Gasteiger partial charge in [-0.2, -0.15) is 11.8 Å². The predicted molar refractivity (Wildman–Crippen MR) is 63.8 cm³/mol. The summed E-state index contributed by atoms with van der Waals surface area (Å²) in [6.07, 6.45) is 0.486. The fourth-order valence-corrected chi connectivity index (χ4v) is 3.28. The van der Waals surface area contributed by atoms with Gasteiger partial charge in [-0.15, -0.1) is 0 Å². The Balaban J connectivity index is 2.57. The number of benzene rings is 1. The van der Waals surface area contributed by atoms with Gasteiger partial charge in [-0.25, -0.2) is 4.39 Å². The van der Waals surface area contributed by atoms with Gasteiger partial charge in [-0.3, -0.25) is 4.79 Å². The van der Waals surface area contributed by atoms with E-state index in [9.17, 15) is 9.18 Å². The number of hydrogen-bond donors (Lipinski definition) is 0. The van der Waals surface area contributed by atoms with E-state index in [1.165, 1.54) is 6.07 Å². The normalized spacial score (nSPS) is 21.0. The van der Waals surface area contributed by atoms with Crippen molar-refractivity contribution < 1.29 is 9.18 Å². The van der Waals surface area contributed by atoms with E-state index >= 15 is 0 Å². The first-order chi connectivity index (χ1) is 7.09. The van der Waals surface area contributed by atoms with E-state index in [-0.39, 0.29) is 16.9 Å². The third kappa shape index (κ3) is 2.11. The highest BCUT2D eigenvalue weighted by molar-refractivity contribution is 9.10. The van der Waals surface area contributed by atoms with Gasteiger partial charge >= 0.3 is 0 Å². The molecule has 1 aromatic rings. The van der Waals surface area contributed by atoms with Crippen molar-refractivity contribution in [2.75, 3.05) is 0 Å². The number of carbonyl (C=O) groups excluding carboxylic acids is 1. The number of rotatable bonds is 0. The van der Waals surface area contributed by atoms with Crippen LogP contribution in [0, 0.1) is 5.82 Å². The summed E-state index contributed by atoms with van der Waals surface area (Å²) in [5.41, 5.74) is 1.08. The lowest BCUT2D eigenvalue weighted by atomic mass is 10.0. The molecule has 0 spiro atoms. The zero-order chi connectivity index (χ0) is 11.0. The molecule has 2 rings (SSSR count). The van der Waals surface area contributed by atoms with Gasteiger partial charge < -0.3 is 0 Å². The SMILES string of the molecule is CC1CC(=O)c2c(Br)ccc(F)c2CS1. The summed E-state index contributed by atoms with van der Waals surface area (Å²) >= 11 is 4.94. The Morgan fingerprint density at radius 1 is 1.53 bits per heavy atom. The van der Waals surface area contributed by atoms with E-state index in [1.54, 1.807) is 17.8 Å². The molecule has 0 saturated carbocycles. The Kier molecular flexibility index (Phi) is 3.16. The monoisotopic (exact) mass is 288 g/mol. The van der Waals surface area contributed by atoms with Gasteiger partial charge in [0.2, 0.25) is 0 Å². The molecule has 0 N–H and O–H groups in total. The molecule has 0 fully saturated rings. The highest BCUT2D eigenvalue weighted by Gasteiger charge is 2.24. The second kappa shape index (κ2) is 4.26. The minimum absolute atomic E-state index is 0.0360. The van der Waals surface area contributed by atoms with E-state index in [1.807, 2.05) is 6.92 Å². The highest BCUT2D eigenvalue weighted by atomic mass is 79.9. The minimum atomic E-state index is -0.275. The average Bonchev–Trinajstić information content (AvgIpc) is 2.32. The molecule has 1 unspecified atom stereocenters. The molecule has 15 heavy (non-hydrogen) atoms. The molecule has 4 heteroatoms. The van der Waals surface area contributed by atoms with Crippen LogP contribution in [0.1, 0.15) is 29.3 Å². The fourth-order valence-electron chi connectivity index (χ4n) is 1.68. The molecule has 1 aromatic carbocycles. The van der Waals surface area contributed by atoms with Crippen molar-refractivity contribution in [3.63, 3.8) is 0 Å². The largest absolute Gasteiger partial charge is 0.294 e. The summed E-state index contributed by atoms with van der Waals surface area (Å²) in [7, 11) is 0. The fraction of sp³-hybridized carbons (Fsp3) is 0.364. The second-order valence-electron chi connectivity index (χ2n) is 3.63. The first-order valence-corrected chi connectivity index (χ1v) is 6.55. The highest BCUT2D eigenvalue weighted by Crippen LogP contribution is 2.34. The standard InChI is InChI=1S/C11H10BrFOS/c1-6-4-10(14)11-7(5-15-6)9(13)3-2-8(11)12/h2-3,6H,4-5H2,1H3. The first kappa shape index (κ1) is 11.1. The van der Waals surface area contributed by atoms with Gasteiger partial charge in [-0.05, 0) is 12.1 Å². The molecular formula is C11H10BrFOS. The van der Waals surface area contributed by atoms with Gasteiger partial charge in [0.15, 0.2) is 5.78 Å². The summed E-state index contributed by atoms with van der Waals surface area (Å²) < 4.78 is 14.3. The van der Waals surface area contributed by atoms with E-state index in [0.29, 0.717) is 27.8 Å². The molecule has 0 aliphatic carbocycles. The van der Waals surface area contributed by atoms with Crippen molar-refractivity contribution >= 4 is 33.5 Å². The van der Waals surface area contributed by atoms with E-state index in [4.69, 9.17) is 0 Å². The van der Waals surface area contributed by atoms with E-state index in [0.717, 1.165) is 0 Å². The van der Waals surface area contributed by atoms with Gasteiger partial charge in [0.25, 0.3) is 0 Å². The number of fused-ring (bicyclic) bond motifs is 1. The van der Waals surface area contributed by atoms with Crippen LogP contribution in [-0.2, 0) is 5.75 Å². The van der Waals surface area contributed by atoms with Crippen LogP contribution in [0.3, 0.4) is 0 Å². The Labute approximate surface area is 101 Å². The van der Waals surface area contributed by atoms with Crippen LogP contribution in [0.15, 0.2) is 16.6 Å². The molecule has 0 aromatic heterocycles. The van der Waals surface area contributed by atoms with Crippen LogP contribution >= 0.6 is 27.7 Å². The summed E-state index contributed by atoms with van der Waals surface area (Å²) in [4.78, 5) is 11.9. The van der Waals surface area contributed by atoms with Crippen LogP contribution in [-0.4, -0.2) is 11.0 Å². The number of thioether (sulfide) groups is 1. The second-order valence-corrected chi connectivity index (χ2v) is 5.91. The molecule has 80 valence electrons. The topological polar surface area (TPSA) is 17.1 Å². The molecule has 1 heterocycles. The number of Topliss-reactive ketones (excluding diaryl/α,β-unsaturated/α-hetero) is 1. The van der Waals surface area contributed by atoms with Gasteiger partial charge in [-0.1, -0.05) is 22.9 Å². The van der Waals surface area contributed by atoms with Crippen LogP contribution < -0.4 is 0 Å². The van der Waals surface area contributed by atoms with Crippen molar-refractivity contribution in [1.29, 1.82) is 0 Å². The smallest absolute Gasteiger partial charge is 0.165 e. The van der Waals surface area contributed by atoms with Crippen molar-refractivity contribution in [3.05, 3.63) is 33.5 Å². The number of carbonyl (C=O) groups is 1. The molecule has 0 saturated heterocycles. The van der Waals surface area contributed by atoms with Crippen molar-refractivity contribution in [2.45, 2.75) is 24.3 Å². The van der Waals surface area contributed by atoms with Crippen LogP contribution in [0.4, 0.5) is 4.39 Å². The molecule has 1 atom stereocenters. The van der Waals surface area contributed by atoms with Crippen molar-refractivity contribution in [2.24, 2.45) is 0 Å². The Morgan fingerprint density at radius 2 is 2.27 bits per heavy atom. The van der Waals surface area contributed by atoms with Crippen LogP contribution in [0.2, 0.25) is 0 Å². The molecule has 1 nitrogen and oxygen atoms in total. The first-order valence-electron chi connectivity index (χ1n) is 4.71. The molecule has 0 bridgehead atoms. The van der Waals surface area contributed by atoms with Gasteiger partial charge in [0.1, 0.15) is 5.82 Å². The summed E-state index contributed by atoms with van der Waals surface area (Å²) in [5, 5.41) is 0.260. The number of halogens is 2. The number of ketones is 1. The molecular weight excluding hydrogens is 279 g/mol. The number of hydrogen-bond acceptors (Lipinski definition) is 2. The lowest BCUT2D eigenvalue weighted by Gasteiger charge is -2.07. The Morgan fingerprint density at radius 3 is 3.00 bits per heavy atom. The molecule has 1 aliphatic rings.